The van der Waals surface area contributed by atoms with E-state index in [4.69, 9.17) is 9.84 Å². The molecule has 6 nitrogen and oxygen atoms in total. The van der Waals surface area contributed by atoms with Crippen LogP contribution in [0.25, 0.3) is 0 Å². The van der Waals surface area contributed by atoms with Gasteiger partial charge in [-0.05, 0) is 18.2 Å². The molecule has 1 aliphatic heterocycles. The van der Waals surface area contributed by atoms with Crippen LogP contribution in [0.2, 0.25) is 0 Å². The van der Waals surface area contributed by atoms with Crippen molar-refractivity contribution >= 4 is 22.9 Å². The number of rotatable bonds is 4. The molecule has 0 spiro atoms. The number of ether oxygens (including phenoxy) is 1. The third-order valence-corrected chi connectivity index (χ3v) is 4.82. The number of aliphatic hydroxyl groups excluding tert-OH is 2. The highest BCUT2D eigenvalue weighted by atomic mass is 32.1. The highest BCUT2D eigenvalue weighted by Crippen LogP contribution is 2.35. The van der Waals surface area contributed by atoms with Gasteiger partial charge in [-0.3, -0.25) is 4.79 Å². The van der Waals surface area contributed by atoms with E-state index in [1.165, 1.54) is 17.5 Å². The van der Waals surface area contributed by atoms with Crippen LogP contribution >= 0.6 is 11.3 Å². The number of alkyl halides is 3. The summed E-state index contributed by atoms with van der Waals surface area (Å²) in [5, 5.41) is 23.1. The first-order valence-electron chi connectivity index (χ1n) is 7.66. The molecule has 1 fully saturated rings. The molecule has 2 aromatic rings. The number of amides is 1. The molecule has 26 heavy (non-hydrogen) atoms. The van der Waals surface area contributed by atoms with Crippen molar-refractivity contribution in [2.45, 2.75) is 30.9 Å². The van der Waals surface area contributed by atoms with E-state index in [0.29, 0.717) is 5.01 Å². The van der Waals surface area contributed by atoms with Gasteiger partial charge in [0.1, 0.15) is 22.9 Å². The number of halogens is 3. The van der Waals surface area contributed by atoms with E-state index < -0.39 is 36.0 Å². The lowest BCUT2D eigenvalue weighted by molar-refractivity contribution is -0.137. The highest BCUT2D eigenvalue weighted by molar-refractivity contribution is 7.09. The maximum atomic E-state index is 12.7. The number of aromatic nitrogens is 1. The summed E-state index contributed by atoms with van der Waals surface area (Å²) in [5.41, 5.74) is -0.821. The van der Waals surface area contributed by atoms with Crippen molar-refractivity contribution in [2.75, 3.05) is 11.9 Å². The maximum Gasteiger partial charge on any atom is 0.416 e. The Labute approximate surface area is 150 Å². The molecule has 0 unspecified atom stereocenters. The molecule has 1 aliphatic rings. The van der Waals surface area contributed by atoms with Crippen molar-refractivity contribution in [2.24, 2.45) is 0 Å². The molecule has 1 aromatic carbocycles. The van der Waals surface area contributed by atoms with Gasteiger partial charge in [0.15, 0.2) is 0 Å². The van der Waals surface area contributed by atoms with Crippen LogP contribution in [0.4, 0.5) is 18.9 Å². The standard InChI is InChI=1S/C16H15F3N2O4S/c17-16(18,19)8-2-1-3-9(4-8)20-14(24)10-7-26-15(21-10)12-5-11(23)13(6-22)25-12/h1-4,7,11-13,22-23H,5-6H2,(H,20,24)/t11-,12-,13+/m0/s1. The van der Waals surface area contributed by atoms with Crippen LogP contribution in [-0.2, 0) is 10.9 Å². The smallest absolute Gasteiger partial charge is 0.394 e. The van der Waals surface area contributed by atoms with Crippen LogP contribution in [0.1, 0.15) is 33.6 Å². The topological polar surface area (TPSA) is 91.7 Å². The number of carbonyl (C=O) groups is 1. The Morgan fingerprint density at radius 1 is 1.42 bits per heavy atom. The van der Waals surface area contributed by atoms with E-state index >= 15 is 0 Å². The number of nitrogens with zero attached hydrogens (tertiary/aromatic N) is 1. The van der Waals surface area contributed by atoms with Crippen LogP contribution in [0.3, 0.4) is 0 Å². The van der Waals surface area contributed by atoms with E-state index in [1.807, 2.05) is 0 Å². The van der Waals surface area contributed by atoms with E-state index in [2.05, 4.69) is 10.3 Å². The molecule has 140 valence electrons. The average Bonchev–Trinajstić information content (AvgIpc) is 3.20. The number of hydrogen-bond acceptors (Lipinski definition) is 6. The highest BCUT2D eigenvalue weighted by Gasteiger charge is 2.36. The normalized spacial score (nSPS) is 23.2. The van der Waals surface area contributed by atoms with Gasteiger partial charge in [0.05, 0.1) is 18.3 Å². The number of aliphatic hydroxyl groups is 2. The summed E-state index contributed by atoms with van der Waals surface area (Å²) < 4.78 is 43.6. The molecule has 0 saturated carbocycles. The van der Waals surface area contributed by atoms with Gasteiger partial charge in [0.25, 0.3) is 5.91 Å². The Kier molecular flexibility index (Phi) is 5.28. The van der Waals surface area contributed by atoms with Gasteiger partial charge in [-0.2, -0.15) is 13.2 Å². The number of carbonyl (C=O) groups excluding carboxylic acids is 1. The molecule has 10 heteroatoms. The molecule has 0 aliphatic carbocycles. The monoisotopic (exact) mass is 388 g/mol. The summed E-state index contributed by atoms with van der Waals surface area (Å²) in [5.74, 6) is -0.649. The lowest BCUT2D eigenvalue weighted by Gasteiger charge is -2.10. The second kappa shape index (κ2) is 7.31. The Balaban J connectivity index is 1.69. The third-order valence-electron chi connectivity index (χ3n) is 3.88. The molecular weight excluding hydrogens is 373 g/mol. The number of anilines is 1. The molecule has 1 amide bonds. The zero-order valence-electron chi connectivity index (χ0n) is 13.2. The summed E-state index contributed by atoms with van der Waals surface area (Å²) in [6.45, 7) is -0.327. The number of thiazole rings is 1. The molecular formula is C16H15F3N2O4S. The molecule has 1 saturated heterocycles. The lowest BCUT2D eigenvalue weighted by atomic mass is 10.1. The summed E-state index contributed by atoms with van der Waals surface area (Å²) >= 11 is 1.14. The summed E-state index contributed by atoms with van der Waals surface area (Å²) in [6, 6.07) is 4.31. The Morgan fingerprint density at radius 3 is 2.85 bits per heavy atom. The minimum absolute atomic E-state index is 0.00672. The van der Waals surface area contributed by atoms with E-state index in [9.17, 15) is 23.1 Å². The summed E-state index contributed by atoms with van der Waals surface area (Å²) in [7, 11) is 0. The maximum absolute atomic E-state index is 12.7. The Morgan fingerprint density at radius 2 is 2.19 bits per heavy atom. The second-order valence-electron chi connectivity index (χ2n) is 5.75. The number of nitrogens with one attached hydrogen (secondary N) is 1. The van der Waals surface area contributed by atoms with E-state index in [0.717, 1.165) is 23.5 Å². The van der Waals surface area contributed by atoms with Crippen molar-refractivity contribution < 1.29 is 32.9 Å². The minimum atomic E-state index is -4.50. The fourth-order valence-corrected chi connectivity index (χ4v) is 3.41. The first-order valence-corrected chi connectivity index (χ1v) is 8.54. The minimum Gasteiger partial charge on any atom is -0.394 e. The quantitative estimate of drug-likeness (QED) is 0.749. The zero-order chi connectivity index (χ0) is 18.9. The van der Waals surface area contributed by atoms with Gasteiger partial charge in [-0.15, -0.1) is 11.3 Å². The molecule has 2 heterocycles. The number of hydrogen-bond donors (Lipinski definition) is 3. The first-order chi connectivity index (χ1) is 12.3. The zero-order valence-corrected chi connectivity index (χ0v) is 14.0. The molecule has 3 N–H and O–H groups in total. The fraction of sp³-hybridized carbons (Fsp3) is 0.375. The van der Waals surface area contributed by atoms with Crippen molar-refractivity contribution in [1.29, 1.82) is 0 Å². The van der Waals surface area contributed by atoms with Gasteiger partial charge in [0, 0.05) is 17.5 Å². The van der Waals surface area contributed by atoms with E-state index in [-0.39, 0.29) is 24.4 Å². The summed E-state index contributed by atoms with van der Waals surface area (Å²) in [6.07, 6.45) is -6.32. The van der Waals surface area contributed by atoms with Crippen molar-refractivity contribution in [3.8, 4) is 0 Å². The van der Waals surface area contributed by atoms with Crippen LogP contribution < -0.4 is 5.32 Å². The van der Waals surface area contributed by atoms with Gasteiger partial charge in [-0.1, -0.05) is 6.07 Å². The van der Waals surface area contributed by atoms with Crippen molar-refractivity contribution in [3.63, 3.8) is 0 Å². The predicted octanol–water partition coefficient (Wildman–Crippen LogP) is 2.60. The van der Waals surface area contributed by atoms with Crippen LogP contribution in [-0.4, -0.2) is 39.9 Å². The van der Waals surface area contributed by atoms with E-state index in [1.54, 1.807) is 0 Å². The van der Waals surface area contributed by atoms with Crippen LogP contribution in [0, 0.1) is 0 Å². The van der Waals surface area contributed by atoms with Gasteiger partial charge >= 0.3 is 6.18 Å². The van der Waals surface area contributed by atoms with Gasteiger partial charge in [-0.25, -0.2) is 4.98 Å². The number of benzene rings is 1. The van der Waals surface area contributed by atoms with Gasteiger partial charge < -0.3 is 20.3 Å². The molecule has 3 atom stereocenters. The Hall–Kier alpha value is -2.01. The third kappa shape index (κ3) is 4.04. The van der Waals surface area contributed by atoms with Crippen molar-refractivity contribution in [1.82, 2.24) is 4.98 Å². The van der Waals surface area contributed by atoms with Crippen molar-refractivity contribution in [3.05, 3.63) is 45.9 Å². The SMILES string of the molecule is O=C(Nc1cccc(C(F)(F)F)c1)c1csc([C@@H]2C[C@H](O)[C@@H](CO)O2)n1. The first kappa shape index (κ1) is 18.8. The second-order valence-corrected chi connectivity index (χ2v) is 6.64. The van der Waals surface area contributed by atoms with Crippen LogP contribution in [0.5, 0.6) is 0 Å². The fourth-order valence-electron chi connectivity index (χ4n) is 2.56. The van der Waals surface area contributed by atoms with Gasteiger partial charge in [0.2, 0.25) is 0 Å². The molecule has 0 bridgehead atoms. The lowest BCUT2D eigenvalue weighted by Crippen LogP contribution is -2.24. The average molecular weight is 388 g/mol. The molecule has 3 rings (SSSR count). The summed E-state index contributed by atoms with van der Waals surface area (Å²) in [4.78, 5) is 16.3. The largest absolute Gasteiger partial charge is 0.416 e. The van der Waals surface area contributed by atoms with Crippen LogP contribution in [0.15, 0.2) is 29.6 Å². The molecule has 1 aromatic heterocycles. The predicted molar refractivity (Wildman–Crippen MR) is 86.8 cm³/mol. The molecule has 0 radical (unpaired) electrons. The Bertz CT molecular complexity index is 796.